The van der Waals surface area contributed by atoms with E-state index < -0.39 is 0 Å². The lowest BCUT2D eigenvalue weighted by Gasteiger charge is -2.34. The molecular formula is C12H25NO. The van der Waals surface area contributed by atoms with E-state index >= 15 is 0 Å². The molecule has 1 saturated carbocycles. The lowest BCUT2D eigenvalue weighted by Crippen LogP contribution is -2.36. The van der Waals surface area contributed by atoms with Gasteiger partial charge in [-0.1, -0.05) is 13.8 Å². The van der Waals surface area contributed by atoms with Crippen molar-refractivity contribution < 1.29 is 5.11 Å². The molecule has 0 spiro atoms. The van der Waals surface area contributed by atoms with Crippen molar-refractivity contribution in [3.63, 3.8) is 0 Å². The van der Waals surface area contributed by atoms with Gasteiger partial charge in [0.05, 0.1) is 6.10 Å². The summed E-state index contributed by atoms with van der Waals surface area (Å²) in [6.07, 6.45) is 5.97. The molecule has 0 aromatic carbocycles. The number of hydrogen-bond donors (Lipinski definition) is 2. The topological polar surface area (TPSA) is 32.3 Å². The quantitative estimate of drug-likeness (QED) is 0.728. The summed E-state index contributed by atoms with van der Waals surface area (Å²) in [7, 11) is 0. The molecule has 2 heteroatoms. The first kappa shape index (κ1) is 12.0. The third-order valence-corrected chi connectivity index (χ3v) is 3.33. The second kappa shape index (κ2) is 5.13. The van der Waals surface area contributed by atoms with Gasteiger partial charge in [0.1, 0.15) is 0 Å². The van der Waals surface area contributed by atoms with Crippen molar-refractivity contribution in [2.24, 2.45) is 5.41 Å². The summed E-state index contributed by atoms with van der Waals surface area (Å²) >= 11 is 0. The van der Waals surface area contributed by atoms with Crippen LogP contribution >= 0.6 is 0 Å². The number of rotatable bonds is 4. The maximum absolute atomic E-state index is 9.12. The summed E-state index contributed by atoms with van der Waals surface area (Å²) in [5, 5.41) is 12.7. The summed E-state index contributed by atoms with van der Waals surface area (Å²) in [5.74, 6) is 0. The molecule has 0 bridgehead atoms. The van der Waals surface area contributed by atoms with E-state index in [1.807, 2.05) is 6.92 Å². The molecule has 0 aromatic rings. The normalized spacial score (nSPS) is 24.9. The summed E-state index contributed by atoms with van der Waals surface area (Å²) in [4.78, 5) is 0. The molecule has 0 amide bonds. The number of aliphatic hydroxyl groups is 1. The molecule has 1 rings (SSSR count). The van der Waals surface area contributed by atoms with Gasteiger partial charge in [0.25, 0.3) is 0 Å². The highest BCUT2D eigenvalue weighted by Gasteiger charge is 2.26. The number of aliphatic hydroxyl groups excluding tert-OH is 1. The zero-order chi connectivity index (χ0) is 10.6. The van der Waals surface area contributed by atoms with Crippen LogP contribution < -0.4 is 5.32 Å². The molecule has 1 atom stereocenters. The molecule has 14 heavy (non-hydrogen) atoms. The second-order valence-electron chi connectivity index (χ2n) is 5.53. The first-order valence-corrected chi connectivity index (χ1v) is 5.91. The molecule has 0 unspecified atom stereocenters. The van der Waals surface area contributed by atoms with Crippen molar-refractivity contribution in [1.29, 1.82) is 0 Å². The van der Waals surface area contributed by atoms with Crippen LogP contribution in [0.2, 0.25) is 0 Å². The maximum atomic E-state index is 9.12. The molecule has 84 valence electrons. The standard InChI is InChI=1S/C12H25NO/c1-10(14)6-9-13-11-4-7-12(2,3)8-5-11/h10-11,13-14H,4-9H2,1-3H3/t10-/m0/s1. The Hall–Kier alpha value is -0.0800. The first-order valence-electron chi connectivity index (χ1n) is 5.91. The van der Waals surface area contributed by atoms with Gasteiger partial charge >= 0.3 is 0 Å². The van der Waals surface area contributed by atoms with Gasteiger partial charge in [-0.2, -0.15) is 0 Å². The van der Waals surface area contributed by atoms with Crippen LogP contribution in [-0.2, 0) is 0 Å². The van der Waals surface area contributed by atoms with Gasteiger partial charge in [0.15, 0.2) is 0 Å². The Morgan fingerprint density at radius 3 is 2.43 bits per heavy atom. The highest BCUT2D eigenvalue weighted by Crippen LogP contribution is 2.34. The van der Waals surface area contributed by atoms with E-state index in [4.69, 9.17) is 5.11 Å². The van der Waals surface area contributed by atoms with E-state index in [1.165, 1.54) is 25.7 Å². The first-order chi connectivity index (χ1) is 6.49. The molecule has 0 aliphatic heterocycles. The van der Waals surface area contributed by atoms with Crippen molar-refractivity contribution >= 4 is 0 Å². The second-order valence-corrected chi connectivity index (χ2v) is 5.53. The largest absolute Gasteiger partial charge is 0.393 e. The van der Waals surface area contributed by atoms with E-state index in [-0.39, 0.29) is 6.10 Å². The fourth-order valence-electron chi connectivity index (χ4n) is 2.10. The predicted molar refractivity (Wildman–Crippen MR) is 60.3 cm³/mol. The van der Waals surface area contributed by atoms with Crippen LogP contribution in [0.15, 0.2) is 0 Å². The Balaban J connectivity index is 2.10. The third kappa shape index (κ3) is 4.43. The highest BCUT2D eigenvalue weighted by molar-refractivity contribution is 4.81. The lowest BCUT2D eigenvalue weighted by atomic mass is 9.75. The minimum Gasteiger partial charge on any atom is -0.393 e. The molecule has 2 N–H and O–H groups in total. The SMILES string of the molecule is C[C@H](O)CCNC1CCC(C)(C)CC1. The predicted octanol–water partition coefficient (Wildman–Crippen LogP) is 2.32. The van der Waals surface area contributed by atoms with Gasteiger partial charge < -0.3 is 10.4 Å². The van der Waals surface area contributed by atoms with Crippen molar-refractivity contribution in [3.05, 3.63) is 0 Å². The van der Waals surface area contributed by atoms with Gasteiger partial charge in [-0.3, -0.25) is 0 Å². The highest BCUT2D eigenvalue weighted by atomic mass is 16.3. The van der Waals surface area contributed by atoms with Crippen LogP contribution in [0.3, 0.4) is 0 Å². The fraction of sp³-hybridized carbons (Fsp3) is 1.00. The maximum Gasteiger partial charge on any atom is 0.0524 e. The van der Waals surface area contributed by atoms with Gasteiger partial charge in [0.2, 0.25) is 0 Å². The Morgan fingerprint density at radius 1 is 1.36 bits per heavy atom. The van der Waals surface area contributed by atoms with Crippen molar-refractivity contribution in [1.82, 2.24) is 5.32 Å². The Bertz CT molecular complexity index is 156. The summed E-state index contributed by atoms with van der Waals surface area (Å²) in [6, 6.07) is 0.696. The molecule has 1 fully saturated rings. The minimum absolute atomic E-state index is 0.164. The van der Waals surface area contributed by atoms with Crippen molar-refractivity contribution in [2.45, 2.75) is 65.0 Å². The van der Waals surface area contributed by atoms with Crippen LogP contribution in [0.5, 0.6) is 0 Å². The van der Waals surface area contributed by atoms with Crippen LogP contribution in [-0.4, -0.2) is 23.8 Å². The van der Waals surface area contributed by atoms with E-state index in [0.29, 0.717) is 11.5 Å². The molecule has 0 heterocycles. The molecule has 2 nitrogen and oxygen atoms in total. The molecule has 1 aliphatic carbocycles. The van der Waals surface area contributed by atoms with E-state index in [0.717, 1.165) is 13.0 Å². The zero-order valence-electron chi connectivity index (χ0n) is 9.84. The van der Waals surface area contributed by atoms with Crippen molar-refractivity contribution in [3.8, 4) is 0 Å². The van der Waals surface area contributed by atoms with Crippen LogP contribution in [0.1, 0.15) is 52.9 Å². The van der Waals surface area contributed by atoms with Gasteiger partial charge in [-0.05, 0) is 51.0 Å². The number of nitrogens with one attached hydrogen (secondary N) is 1. The third-order valence-electron chi connectivity index (χ3n) is 3.33. The average Bonchev–Trinajstić information content (AvgIpc) is 2.07. The molecule has 0 saturated heterocycles. The summed E-state index contributed by atoms with van der Waals surface area (Å²) in [5.41, 5.74) is 0.558. The molecule has 0 radical (unpaired) electrons. The van der Waals surface area contributed by atoms with Crippen molar-refractivity contribution in [2.75, 3.05) is 6.54 Å². The Labute approximate surface area is 88.1 Å². The summed E-state index contributed by atoms with van der Waals surface area (Å²) < 4.78 is 0. The van der Waals surface area contributed by atoms with Crippen LogP contribution in [0.25, 0.3) is 0 Å². The van der Waals surface area contributed by atoms with E-state index in [2.05, 4.69) is 19.2 Å². The Kier molecular flexibility index (Phi) is 4.39. The Morgan fingerprint density at radius 2 is 1.93 bits per heavy atom. The average molecular weight is 199 g/mol. The summed E-state index contributed by atoms with van der Waals surface area (Å²) in [6.45, 7) is 7.53. The van der Waals surface area contributed by atoms with Gasteiger partial charge in [-0.25, -0.2) is 0 Å². The monoisotopic (exact) mass is 199 g/mol. The van der Waals surface area contributed by atoms with Crippen LogP contribution in [0.4, 0.5) is 0 Å². The van der Waals surface area contributed by atoms with Crippen LogP contribution in [0, 0.1) is 5.41 Å². The minimum atomic E-state index is -0.164. The number of hydrogen-bond acceptors (Lipinski definition) is 2. The molecule has 0 aromatic heterocycles. The van der Waals surface area contributed by atoms with E-state index in [9.17, 15) is 0 Å². The zero-order valence-corrected chi connectivity index (χ0v) is 9.84. The smallest absolute Gasteiger partial charge is 0.0524 e. The van der Waals surface area contributed by atoms with Gasteiger partial charge in [-0.15, -0.1) is 0 Å². The lowest BCUT2D eigenvalue weighted by molar-refractivity contribution is 0.172. The van der Waals surface area contributed by atoms with Gasteiger partial charge in [0, 0.05) is 6.04 Å². The molecule has 1 aliphatic rings. The fourth-order valence-corrected chi connectivity index (χ4v) is 2.10. The van der Waals surface area contributed by atoms with E-state index in [1.54, 1.807) is 0 Å². The molecular weight excluding hydrogens is 174 g/mol.